The van der Waals surface area contributed by atoms with Gasteiger partial charge in [-0.15, -0.1) is 0 Å². The van der Waals surface area contributed by atoms with E-state index in [4.69, 9.17) is 5.26 Å². The number of nitrogens with one attached hydrogen (secondary N) is 1. The van der Waals surface area contributed by atoms with E-state index in [-0.39, 0.29) is 49.6 Å². The van der Waals surface area contributed by atoms with Crippen LogP contribution in [0.15, 0.2) is 24.4 Å². The van der Waals surface area contributed by atoms with Gasteiger partial charge in [0.25, 0.3) is 0 Å². The third kappa shape index (κ3) is 11.4. The van der Waals surface area contributed by atoms with Crippen LogP contribution in [-0.2, 0) is 11.2 Å². The van der Waals surface area contributed by atoms with Gasteiger partial charge in [-0.3, -0.25) is 4.79 Å². The molecule has 5 nitrogen and oxygen atoms in total. The Morgan fingerprint density at radius 1 is 1.09 bits per heavy atom. The number of alkyl halides is 3. The van der Waals surface area contributed by atoms with Crippen LogP contribution in [0.3, 0.4) is 0 Å². The number of halogens is 6. The molecule has 1 N–H and O–H groups in total. The summed E-state index contributed by atoms with van der Waals surface area (Å²) in [5, 5.41) is 9.32. The Morgan fingerprint density at radius 2 is 1.62 bits per heavy atom. The first-order chi connectivity index (χ1) is 16.0. The van der Waals surface area contributed by atoms with Crippen molar-refractivity contribution in [1.29, 1.82) is 5.26 Å². The van der Waals surface area contributed by atoms with Crippen LogP contribution in [0.4, 0.5) is 26.3 Å². The van der Waals surface area contributed by atoms with Gasteiger partial charge in [0.1, 0.15) is 12.4 Å². The van der Waals surface area contributed by atoms with Crippen molar-refractivity contribution >= 4 is 5.91 Å². The number of carbonyl (C=O) groups excluding carboxylic acids is 1. The van der Waals surface area contributed by atoms with Crippen LogP contribution < -0.4 is 5.32 Å². The van der Waals surface area contributed by atoms with Gasteiger partial charge in [0.2, 0.25) is 5.91 Å². The molecule has 1 aliphatic heterocycles. The molecule has 11 heteroatoms. The predicted molar refractivity (Wildman–Crippen MR) is 120 cm³/mol. The van der Waals surface area contributed by atoms with E-state index >= 15 is 0 Å². The van der Waals surface area contributed by atoms with Crippen LogP contribution in [0.2, 0.25) is 0 Å². The molecule has 2 rings (SSSR count). The van der Waals surface area contributed by atoms with Crippen LogP contribution in [0.25, 0.3) is 0 Å². The molecule has 1 aromatic rings. The van der Waals surface area contributed by atoms with E-state index in [2.05, 4.69) is 18.5 Å². The van der Waals surface area contributed by atoms with Crippen molar-refractivity contribution in [3.8, 4) is 6.57 Å². The maximum atomic E-state index is 13.8. The maximum absolute atomic E-state index is 13.8. The third-order valence-corrected chi connectivity index (χ3v) is 4.57. The topological polar surface area (TPSA) is 59.4 Å². The number of hydrogen-bond acceptors (Lipinski definition) is 4. The normalized spacial score (nSPS) is 14.0. The second-order valence-electron chi connectivity index (χ2n) is 6.67. The first-order valence-electron chi connectivity index (χ1n) is 10.8. The fraction of sp³-hybridized carbons (Fsp3) is 0.565. The number of likely N-dealkylation sites (N-methyl/N-ethyl adjacent to an activating group) is 1. The molecule has 0 saturated carbocycles. The highest BCUT2D eigenvalue weighted by Crippen LogP contribution is 2.22. The van der Waals surface area contributed by atoms with Crippen LogP contribution in [0.1, 0.15) is 39.7 Å². The van der Waals surface area contributed by atoms with Gasteiger partial charge < -0.3 is 15.1 Å². The number of benzene rings is 1. The van der Waals surface area contributed by atoms with Crippen molar-refractivity contribution in [3.05, 3.63) is 47.4 Å². The summed E-state index contributed by atoms with van der Waals surface area (Å²) in [6.07, 6.45) is -4.50. The van der Waals surface area contributed by atoms with Gasteiger partial charge in [-0.25, -0.2) is 18.4 Å². The molecule has 0 bridgehead atoms. The van der Waals surface area contributed by atoms with Crippen LogP contribution in [-0.4, -0.2) is 61.2 Å². The Hall–Kier alpha value is -2.74. The zero-order valence-electron chi connectivity index (χ0n) is 20.3. The molecule has 34 heavy (non-hydrogen) atoms. The average Bonchev–Trinajstić information content (AvgIpc) is 2.81. The number of carbonyl (C=O) groups is 1. The van der Waals surface area contributed by atoms with E-state index in [1.807, 2.05) is 27.7 Å². The first kappa shape index (κ1) is 33.4. The molecular weight excluding hydrogens is 462 g/mol. The summed E-state index contributed by atoms with van der Waals surface area (Å²) in [5.74, 6) is -3.75. The maximum Gasteiger partial charge on any atom is 0.405 e. The smallest absolute Gasteiger partial charge is 0.363 e. The van der Waals surface area contributed by atoms with Gasteiger partial charge in [0.05, 0.1) is 6.54 Å². The molecule has 1 fully saturated rings. The number of hydrogen-bond donors (Lipinski definition) is 1. The molecule has 194 valence electrons. The third-order valence-electron chi connectivity index (χ3n) is 4.57. The second kappa shape index (κ2) is 16.8. The Labute approximate surface area is 198 Å². The van der Waals surface area contributed by atoms with E-state index in [0.717, 1.165) is 11.0 Å². The fourth-order valence-corrected chi connectivity index (χ4v) is 3.02. The van der Waals surface area contributed by atoms with Crippen LogP contribution in [0.5, 0.6) is 0 Å². The highest BCUT2D eigenvalue weighted by atomic mass is 19.4. The van der Waals surface area contributed by atoms with Crippen molar-refractivity contribution < 1.29 is 31.1 Å². The summed E-state index contributed by atoms with van der Waals surface area (Å²) < 4.78 is 77.8. The SMILES string of the molecule is C#N.C=C1CN(C(=O)CC(Cc2cc(F)c(F)cc2F)NC)CCN1CC(F)(F)F.CC.CC. The standard InChI is InChI=1S/C18H21F6N3O.2C2H6.CHN/c1-11-9-26(3-4-27(11)10-18(22,23)24)17(28)7-13(25-2)5-12-6-15(20)16(21)8-14(12)19;3*1-2/h6,8,13,25H,1,3-5,7,9-10H2,2H3;2*1-2H3;1H. The minimum absolute atomic E-state index is 0.00606. The molecule has 0 radical (unpaired) electrons. The van der Waals surface area contributed by atoms with Crippen molar-refractivity contribution in [2.45, 2.75) is 52.8 Å². The molecule has 1 heterocycles. The number of piperazine rings is 1. The summed E-state index contributed by atoms with van der Waals surface area (Å²) >= 11 is 0. The van der Waals surface area contributed by atoms with E-state index in [9.17, 15) is 31.1 Å². The molecule has 1 aliphatic rings. The Bertz CT molecular complexity index is 783. The number of rotatable bonds is 6. The molecule has 1 amide bonds. The van der Waals surface area contributed by atoms with Crippen LogP contribution >= 0.6 is 0 Å². The van der Waals surface area contributed by atoms with Crippen molar-refractivity contribution in [3.63, 3.8) is 0 Å². The molecule has 1 aromatic carbocycles. The number of amides is 1. The van der Waals surface area contributed by atoms with Gasteiger partial charge in [0.15, 0.2) is 11.6 Å². The fourth-order valence-electron chi connectivity index (χ4n) is 3.02. The molecule has 1 unspecified atom stereocenters. The summed E-state index contributed by atoms with van der Waals surface area (Å²) in [5.41, 5.74) is 0.107. The lowest BCUT2D eigenvalue weighted by atomic mass is 10.0. The summed E-state index contributed by atoms with van der Waals surface area (Å²) in [7, 11) is 1.54. The summed E-state index contributed by atoms with van der Waals surface area (Å²) in [4.78, 5) is 14.9. The summed E-state index contributed by atoms with van der Waals surface area (Å²) in [6.45, 7) is 14.0. The lowest BCUT2D eigenvalue weighted by Gasteiger charge is -2.38. The molecule has 0 aromatic heterocycles. The van der Waals surface area contributed by atoms with Gasteiger partial charge >= 0.3 is 6.18 Å². The zero-order chi connectivity index (χ0) is 27.1. The number of nitrogens with zero attached hydrogens (tertiary/aromatic N) is 3. The van der Waals surface area contributed by atoms with Gasteiger partial charge in [-0.05, 0) is 25.1 Å². The molecular formula is C23H34F6N4O. The molecule has 1 saturated heterocycles. The highest BCUT2D eigenvalue weighted by molar-refractivity contribution is 5.77. The van der Waals surface area contributed by atoms with Crippen molar-refractivity contribution in [2.24, 2.45) is 0 Å². The highest BCUT2D eigenvalue weighted by Gasteiger charge is 2.34. The van der Waals surface area contributed by atoms with E-state index in [0.29, 0.717) is 6.07 Å². The largest absolute Gasteiger partial charge is 0.405 e. The Kier molecular flexibility index (Phi) is 16.5. The lowest BCUT2D eigenvalue weighted by molar-refractivity contribution is -0.146. The molecule has 1 atom stereocenters. The van der Waals surface area contributed by atoms with E-state index in [1.165, 1.54) is 11.9 Å². The van der Waals surface area contributed by atoms with Gasteiger partial charge in [-0.1, -0.05) is 34.3 Å². The monoisotopic (exact) mass is 496 g/mol. The Morgan fingerprint density at radius 3 is 2.09 bits per heavy atom. The van der Waals surface area contributed by atoms with E-state index < -0.39 is 36.2 Å². The van der Waals surface area contributed by atoms with E-state index in [1.54, 1.807) is 0 Å². The van der Waals surface area contributed by atoms with Crippen LogP contribution in [0, 0.1) is 29.3 Å². The van der Waals surface area contributed by atoms with Gasteiger partial charge in [0, 0.05) is 43.9 Å². The quantitative estimate of drug-likeness (QED) is 0.443. The zero-order valence-corrected chi connectivity index (χ0v) is 20.3. The average molecular weight is 497 g/mol. The molecule has 0 spiro atoms. The minimum Gasteiger partial charge on any atom is -0.363 e. The lowest BCUT2D eigenvalue weighted by Crippen LogP contribution is -2.50. The van der Waals surface area contributed by atoms with Crippen molar-refractivity contribution in [1.82, 2.24) is 15.1 Å². The second-order valence-corrected chi connectivity index (χ2v) is 6.67. The van der Waals surface area contributed by atoms with Crippen molar-refractivity contribution in [2.75, 3.05) is 33.2 Å². The Balaban J connectivity index is 0. The van der Waals surface area contributed by atoms with Gasteiger partial charge in [-0.2, -0.15) is 13.2 Å². The molecule has 0 aliphatic carbocycles. The predicted octanol–water partition coefficient (Wildman–Crippen LogP) is 5.04. The summed E-state index contributed by atoms with van der Waals surface area (Å²) in [6, 6.07) is 0.633. The first-order valence-corrected chi connectivity index (χ1v) is 10.8. The number of nitriles is 1. The minimum atomic E-state index is -4.36.